The van der Waals surface area contributed by atoms with Gasteiger partial charge in [-0.2, -0.15) is 0 Å². The number of primary amides is 1. The topological polar surface area (TPSA) is 98.7 Å². The number of nitrogens with zero attached hydrogens (tertiary/aromatic N) is 1. The Morgan fingerprint density at radius 3 is 2.48 bits per heavy atom. The van der Waals surface area contributed by atoms with Gasteiger partial charge in [0.1, 0.15) is 12.3 Å². The second-order valence-electron chi connectivity index (χ2n) is 7.54. The van der Waals surface area contributed by atoms with E-state index in [1.54, 1.807) is 26.0 Å². The van der Waals surface area contributed by atoms with Crippen LogP contribution in [0.2, 0.25) is 0 Å². The van der Waals surface area contributed by atoms with Crippen LogP contribution in [0.5, 0.6) is 5.75 Å². The van der Waals surface area contributed by atoms with Crippen LogP contribution in [0.3, 0.4) is 0 Å². The third-order valence-corrected chi connectivity index (χ3v) is 4.01. The van der Waals surface area contributed by atoms with Crippen LogP contribution < -0.4 is 21.1 Å². The van der Waals surface area contributed by atoms with Crippen molar-refractivity contribution >= 4 is 17.5 Å². The van der Waals surface area contributed by atoms with E-state index in [9.17, 15) is 9.59 Å². The van der Waals surface area contributed by atoms with Crippen molar-refractivity contribution in [1.82, 2.24) is 0 Å². The SMILES string of the molecule is CC1(C)Oc2ccc(C(N)C(C)(C)C)cc2N(CC(N)=O)C1=O. The molecule has 1 aliphatic rings. The summed E-state index contributed by atoms with van der Waals surface area (Å²) in [5, 5.41) is 0. The molecule has 1 unspecified atom stereocenters. The zero-order valence-corrected chi connectivity index (χ0v) is 14.3. The number of ether oxygens (including phenoxy) is 1. The minimum absolute atomic E-state index is 0.137. The second kappa shape index (κ2) is 5.53. The molecule has 1 aliphatic heterocycles. The summed E-state index contributed by atoms with van der Waals surface area (Å²) < 4.78 is 5.78. The number of carbonyl (C=O) groups excluding carboxylic acids is 2. The fraction of sp³-hybridized carbons (Fsp3) is 0.529. The van der Waals surface area contributed by atoms with E-state index < -0.39 is 11.5 Å². The Labute approximate surface area is 136 Å². The molecule has 2 amide bonds. The lowest BCUT2D eigenvalue weighted by Crippen LogP contribution is -2.54. The maximum absolute atomic E-state index is 12.6. The molecule has 1 aromatic carbocycles. The van der Waals surface area contributed by atoms with Gasteiger partial charge in [-0.05, 0) is 37.0 Å². The van der Waals surface area contributed by atoms with Crippen LogP contribution in [0.1, 0.15) is 46.2 Å². The number of rotatable bonds is 3. The van der Waals surface area contributed by atoms with Crippen LogP contribution in [0.25, 0.3) is 0 Å². The summed E-state index contributed by atoms with van der Waals surface area (Å²) in [6.45, 7) is 9.28. The van der Waals surface area contributed by atoms with Crippen LogP contribution in [0, 0.1) is 5.41 Å². The Kier molecular flexibility index (Phi) is 4.15. The number of carbonyl (C=O) groups is 2. The summed E-state index contributed by atoms with van der Waals surface area (Å²) in [5.74, 6) is -0.335. The maximum atomic E-state index is 12.6. The molecule has 1 atom stereocenters. The molecule has 0 bridgehead atoms. The van der Waals surface area contributed by atoms with Gasteiger partial charge in [0, 0.05) is 6.04 Å². The summed E-state index contributed by atoms with van der Waals surface area (Å²) in [7, 11) is 0. The van der Waals surface area contributed by atoms with Crippen molar-refractivity contribution in [3.05, 3.63) is 23.8 Å². The lowest BCUT2D eigenvalue weighted by molar-refractivity contribution is -0.133. The molecule has 0 radical (unpaired) electrons. The zero-order chi connectivity index (χ0) is 17.6. The molecule has 23 heavy (non-hydrogen) atoms. The number of amides is 2. The number of benzene rings is 1. The van der Waals surface area contributed by atoms with Crippen molar-refractivity contribution in [2.45, 2.75) is 46.3 Å². The van der Waals surface area contributed by atoms with Crippen LogP contribution >= 0.6 is 0 Å². The molecule has 0 aromatic heterocycles. The summed E-state index contributed by atoms with van der Waals surface area (Å²) in [4.78, 5) is 25.3. The van der Waals surface area contributed by atoms with E-state index in [1.807, 2.05) is 26.8 Å². The molecule has 0 saturated carbocycles. The highest BCUT2D eigenvalue weighted by Gasteiger charge is 2.41. The van der Waals surface area contributed by atoms with Crippen molar-refractivity contribution < 1.29 is 14.3 Å². The molecule has 0 fully saturated rings. The van der Waals surface area contributed by atoms with Crippen LogP contribution in [0.15, 0.2) is 18.2 Å². The minimum Gasteiger partial charge on any atom is -0.476 e. The number of hydrogen-bond donors (Lipinski definition) is 2. The first-order valence-electron chi connectivity index (χ1n) is 7.62. The van der Waals surface area contributed by atoms with Gasteiger partial charge in [0.25, 0.3) is 5.91 Å². The van der Waals surface area contributed by atoms with E-state index in [-0.39, 0.29) is 23.9 Å². The Hall–Kier alpha value is -2.08. The molecule has 6 nitrogen and oxygen atoms in total. The predicted octanol–water partition coefficient (Wildman–Crippen LogP) is 1.72. The van der Waals surface area contributed by atoms with Gasteiger partial charge in [-0.3, -0.25) is 14.5 Å². The van der Waals surface area contributed by atoms with Crippen LogP contribution in [-0.2, 0) is 9.59 Å². The van der Waals surface area contributed by atoms with Crippen molar-refractivity contribution in [3.63, 3.8) is 0 Å². The highest BCUT2D eigenvalue weighted by molar-refractivity contribution is 6.05. The van der Waals surface area contributed by atoms with Crippen molar-refractivity contribution in [2.24, 2.45) is 16.9 Å². The highest BCUT2D eigenvalue weighted by atomic mass is 16.5. The summed E-state index contributed by atoms with van der Waals surface area (Å²) in [6, 6.07) is 5.27. The Bertz CT molecular complexity index is 647. The van der Waals surface area contributed by atoms with Gasteiger partial charge in [0.15, 0.2) is 5.60 Å². The fourth-order valence-electron chi connectivity index (χ4n) is 2.59. The minimum atomic E-state index is -1.05. The Morgan fingerprint density at radius 1 is 1.35 bits per heavy atom. The van der Waals surface area contributed by atoms with Crippen molar-refractivity contribution in [1.29, 1.82) is 0 Å². The van der Waals surface area contributed by atoms with Gasteiger partial charge in [-0.1, -0.05) is 26.8 Å². The van der Waals surface area contributed by atoms with E-state index >= 15 is 0 Å². The Morgan fingerprint density at radius 2 is 1.96 bits per heavy atom. The molecule has 0 aliphatic carbocycles. The smallest absolute Gasteiger partial charge is 0.271 e. The van der Waals surface area contributed by atoms with E-state index in [4.69, 9.17) is 16.2 Å². The third-order valence-electron chi connectivity index (χ3n) is 4.01. The average molecular weight is 319 g/mol. The lowest BCUT2D eigenvalue weighted by atomic mass is 9.83. The molecule has 2 rings (SSSR count). The molecule has 1 aromatic rings. The second-order valence-corrected chi connectivity index (χ2v) is 7.54. The fourth-order valence-corrected chi connectivity index (χ4v) is 2.59. The van der Waals surface area contributed by atoms with Gasteiger partial charge in [0.05, 0.1) is 5.69 Å². The first-order chi connectivity index (χ1) is 10.4. The van der Waals surface area contributed by atoms with E-state index in [1.165, 1.54) is 4.90 Å². The molecule has 126 valence electrons. The highest BCUT2D eigenvalue weighted by Crippen LogP contribution is 2.41. The van der Waals surface area contributed by atoms with Gasteiger partial charge >= 0.3 is 0 Å². The van der Waals surface area contributed by atoms with Crippen molar-refractivity contribution in [2.75, 3.05) is 11.4 Å². The quantitative estimate of drug-likeness (QED) is 0.886. The average Bonchev–Trinajstić information content (AvgIpc) is 2.41. The van der Waals surface area contributed by atoms with Crippen LogP contribution in [-0.4, -0.2) is 24.0 Å². The predicted molar refractivity (Wildman–Crippen MR) is 89.1 cm³/mol. The first kappa shape index (κ1) is 17.3. The first-order valence-corrected chi connectivity index (χ1v) is 7.62. The molecule has 4 N–H and O–H groups in total. The Balaban J connectivity index is 2.52. The maximum Gasteiger partial charge on any atom is 0.271 e. The number of fused-ring (bicyclic) bond motifs is 1. The lowest BCUT2D eigenvalue weighted by Gasteiger charge is -2.39. The van der Waals surface area contributed by atoms with Gasteiger partial charge in [0.2, 0.25) is 5.91 Å². The normalized spacial score (nSPS) is 18.2. The summed E-state index contributed by atoms with van der Waals surface area (Å²) >= 11 is 0. The van der Waals surface area contributed by atoms with Gasteiger partial charge < -0.3 is 16.2 Å². The molecule has 0 saturated heterocycles. The third kappa shape index (κ3) is 3.32. The summed E-state index contributed by atoms with van der Waals surface area (Å²) in [5.41, 5.74) is 11.8. The number of nitrogens with two attached hydrogens (primary N) is 2. The molecule has 0 spiro atoms. The zero-order valence-electron chi connectivity index (χ0n) is 14.3. The standard InChI is InChI=1S/C17H25N3O3/c1-16(2,3)14(19)10-6-7-12-11(8-10)20(9-13(18)21)15(22)17(4,5)23-12/h6-8,14H,9,19H2,1-5H3,(H2,18,21). The van der Waals surface area contributed by atoms with Crippen molar-refractivity contribution in [3.8, 4) is 5.75 Å². The molecule has 6 heteroatoms. The van der Waals surface area contributed by atoms with Crippen LogP contribution in [0.4, 0.5) is 5.69 Å². The molecular weight excluding hydrogens is 294 g/mol. The largest absolute Gasteiger partial charge is 0.476 e. The van der Waals surface area contributed by atoms with E-state index in [0.29, 0.717) is 11.4 Å². The van der Waals surface area contributed by atoms with Gasteiger partial charge in [-0.25, -0.2) is 0 Å². The molecule has 1 heterocycles. The number of hydrogen-bond acceptors (Lipinski definition) is 4. The van der Waals surface area contributed by atoms with E-state index in [0.717, 1.165) is 5.56 Å². The molecular formula is C17H25N3O3. The van der Waals surface area contributed by atoms with E-state index in [2.05, 4.69) is 0 Å². The monoisotopic (exact) mass is 319 g/mol. The van der Waals surface area contributed by atoms with Gasteiger partial charge in [-0.15, -0.1) is 0 Å². The number of anilines is 1. The summed E-state index contributed by atoms with van der Waals surface area (Å²) in [6.07, 6.45) is 0.